The van der Waals surface area contributed by atoms with E-state index in [-0.39, 0.29) is 12.3 Å². The molecule has 2 aromatic carbocycles. The van der Waals surface area contributed by atoms with Crippen LogP contribution in [0.1, 0.15) is 29.0 Å². The van der Waals surface area contributed by atoms with Crippen molar-refractivity contribution in [2.24, 2.45) is 0 Å². The van der Waals surface area contributed by atoms with Crippen molar-refractivity contribution in [1.82, 2.24) is 4.98 Å². The third-order valence-corrected chi connectivity index (χ3v) is 4.62. The molecule has 1 amide bonds. The van der Waals surface area contributed by atoms with Gasteiger partial charge in [0.15, 0.2) is 0 Å². The fourth-order valence-electron chi connectivity index (χ4n) is 3.30. The van der Waals surface area contributed by atoms with Crippen LogP contribution in [0.2, 0.25) is 0 Å². The lowest BCUT2D eigenvalue weighted by Gasteiger charge is -2.07. The van der Waals surface area contributed by atoms with Gasteiger partial charge in [-0.25, -0.2) is 4.98 Å². The summed E-state index contributed by atoms with van der Waals surface area (Å²) in [7, 11) is 0. The Bertz CT molecular complexity index is 913. The summed E-state index contributed by atoms with van der Waals surface area (Å²) in [6, 6.07) is 15.9. The van der Waals surface area contributed by atoms with Gasteiger partial charge in [-0.3, -0.25) is 4.79 Å². The predicted octanol–water partition coefficient (Wildman–Crippen LogP) is 4.32. The minimum absolute atomic E-state index is 0.0750. The molecule has 0 saturated carbocycles. The first-order valence-electron chi connectivity index (χ1n) is 8.62. The number of amides is 1. The van der Waals surface area contributed by atoms with E-state index in [2.05, 4.69) is 22.4 Å². The molecule has 0 spiro atoms. The first kappa shape index (κ1) is 15.6. The second kappa shape index (κ2) is 6.55. The van der Waals surface area contributed by atoms with Crippen molar-refractivity contribution >= 4 is 11.6 Å². The molecule has 1 heterocycles. The van der Waals surface area contributed by atoms with Gasteiger partial charge in [0.2, 0.25) is 11.8 Å². The summed E-state index contributed by atoms with van der Waals surface area (Å²) in [5.74, 6) is 1.16. The molecule has 0 bridgehead atoms. The molecular weight excluding hydrogens is 312 g/mol. The minimum atomic E-state index is -0.0750. The number of oxazole rings is 1. The van der Waals surface area contributed by atoms with Crippen molar-refractivity contribution in [1.29, 1.82) is 0 Å². The topological polar surface area (TPSA) is 55.1 Å². The first-order valence-corrected chi connectivity index (χ1v) is 8.62. The summed E-state index contributed by atoms with van der Waals surface area (Å²) in [6.45, 7) is 1.84. The number of carbonyl (C=O) groups excluding carboxylic acids is 1. The van der Waals surface area contributed by atoms with E-state index in [1.54, 1.807) is 0 Å². The third-order valence-electron chi connectivity index (χ3n) is 4.62. The second-order valence-corrected chi connectivity index (χ2v) is 6.45. The van der Waals surface area contributed by atoms with Gasteiger partial charge in [0.25, 0.3) is 0 Å². The standard InChI is InChI=1S/C21H20N2O2/c1-14-19(23-21(25-14)16-6-3-2-4-7-16)13-20(24)22-18-11-10-15-8-5-9-17(15)12-18/h2-4,6-7,10-12H,5,8-9,13H2,1H3,(H,22,24). The molecule has 0 unspecified atom stereocenters. The molecule has 4 heteroatoms. The number of hydrogen-bond donors (Lipinski definition) is 1. The molecule has 4 nitrogen and oxygen atoms in total. The highest BCUT2D eigenvalue weighted by atomic mass is 16.4. The number of nitrogens with one attached hydrogen (secondary N) is 1. The zero-order chi connectivity index (χ0) is 17.2. The van der Waals surface area contributed by atoms with Crippen LogP contribution >= 0.6 is 0 Å². The van der Waals surface area contributed by atoms with Gasteiger partial charge in [0.1, 0.15) is 5.76 Å². The Morgan fingerprint density at radius 1 is 1.12 bits per heavy atom. The molecule has 0 saturated heterocycles. The first-order chi connectivity index (χ1) is 12.2. The van der Waals surface area contributed by atoms with E-state index in [9.17, 15) is 4.79 Å². The SMILES string of the molecule is Cc1oc(-c2ccccc2)nc1CC(=O)Nc1ccc2c(c1)CCC2. The number of carbonyl (C=O) groups is 1. The lowest BCUT2D eigenvalue weighted by atomic mass is 10.1. The number of hydrogen-bond acceptors (Lipinski definition) is 3. The lowest BCUT2D eigenvalue weighted by Crippen LogP contribution is -2.15. The third kappa shape index (κ3) is 3.33. The van der Waals surface area contributed by atoms with Crippen LogP contribution in [0, 0.1) is 6.92 Å². The lowest BCUT2D eigenvalue weighted by molar-refractivity contribution is -0.115. The highest BCUT2D eigenvalue weighted by Crippen LogP contribution is 2.25. The molecule has 1 aromatic heterocycles. The molecule has 0 radical (unpaired) electrons. The Hall–Kier alpha value is -2.88. The zero-order valence-corrected chi connectivity index (χ0v) is 14.2. The highest BCUT2D eigenvalue weighted by molar-refractivity contribution is 5.92. The van der Waals surface area contributed by atoms with Crippen molar-refractivity contribution in [3.63, 3.8) is 0 Å². The average Bonchev–Trinajstić information content (AvgIpc) is 3.22. The average molecular weight is 332 g/mol. The van der Waals surface area contributed by atoms with Crippen LogP contribution < -0.4 is 5.32 Å². The Morgan fingerprint density at radius 3 is 2.76 bits per heavy atom. The summed E-state index contributed by atoms with van der Waals surface area (Å²) >= 11 is 0. The van der Waals surface area contributed by atoms with Gasteiger partial charge in [-0.1, -0.05) is 24.3 Å². The molecule has 1 aliphatic rings. The number of nitrogens with zero attached hydrogens (tertiary/aromatic N) is 1. The van der Waals surface area contributed by atoms with Crippen molar-refractivity contribution in [2.75, 3.05) is 5.32 Å². The molecule has 0 atom stereocenters. The van der Waals surface area contributed by atoms with Crippen LogP contribution in [0.25, 0.3) is 11.5 Å². The van der Waals surface area contributed by atoms with Crippen molar-refractivity contribution < 1.29 is 9.21 Å². The van der Waals surface area contributed by atoms with Crippen LogP contribution in [0.3, 0.4) is 0 Å². The van der Waals surface area contributed by atoms with Gasteiger partial charge in [-0.2, -0.15) is 0 Å². The van der Waals surface area contributed by atoms with Crippen LogP contribution in [-0.4, -0.2) is 10.9 Å². The summed E-state index contributed by atoms with van der Waals surface area (Å²) in [4.78, 5) is 16.9. The number of aromatic nitrogens is 1. The van der Waals surface area contributed by atoms with Crippen LogP contribution in [0.5, 0.6) is 0 Å². The summed E-state index contributed by atoms with van der Waals surface area (Å²) in [5.41, 5.74) is 5.20. The van der Waals surface area contributed by atoms with Gasteiger partial charge >= 0.3 is 0 Å². The van der Waals surface area contributed by atoms with E-state index < -0.39 is 0 Å². The van der Waals surface area contributed by atoms with Gasteiger partial charge in [0, 0.05) is 11.3 Å². The van der Waals surface area contributed by atoms with Gasteiger partial charge in [-0.05, 0) is 61.6 Å². The Balaban J connectivity index is 1.47. The summed E-state index contributed by atoms with van der Waals surface area (Å²) in [6.07, 6.45) is 3.65. The molecule has 0 aliphatic heterocycles. The van der Waals surface area contributed by atoms with E-state index in [1.165, 1.54) is 17.5 Å². The maximum atomic E-state index is 12.4. The predicted molar refractivity (Wildman–Crippen MR) is 97.5 cm³/mol. The largest absolute Gasteiger partial charge is 0.441 e. The minimum Gasteiger partial charge on any atom is -0.441 e. The molecule has 3 aromatic rings. The highest BCUT2D eigenvalue weighted by Gasteiger charge is 2.16. The van der Waals surface area contributed by atoms with E-state index >= 15 is 0 Å². The van der Waals surface area contributed by atoms with Crippen LogP contribution in [0.4, 0.5) is 5.69 Å². The second-order valence-electron chi connectivity index (χ2n) is 6.45. The van der Waals surface area contributed by atoms with E-state index in [1.807, 2.05) is 43.3 Å². The van der Waals surface area contributed by atoms with E-state index in [4.69, 9.17) is 4.42 Å². The van der Waals surface area contributed by atoms with E-state index in [0.29, 0.717) is 17.3 Å². The fourth-order valence-corrected chi connectivity index (χ4v) is 3.30. The van der Waals surface area contributed by atoms with Gasteiger partial charge in [0.05, 0.1) is 12.1 Å². The van der Waals surface area contributed by atoms with Gasteiger partial charge < -0.3 is 9.73 Å². The van der Waals surface area contributed by atoms with Crippen LogP contribution in [0.15, 0.2) is 52.9 Å². The molecule has 126 valence electrons. The molecule has 4 rings (SSSR count). The monoisotopic (exact) mass is 332 g/mol. The molecule has 1 N–H and O–H groups in total. The Labute approximate surface area is 146 Å². The normalized spacial score (nSPS) is 12.8. The van der Waals surface area contributed by atoms with E-state index in [0.717, 1.165) is 24.1 Å². The maximum absolute atomic E-state index is 12.4. The van der Waals surface area contributed by atoms with Crippen molar-refractivity contribution in [2.45, 2.75) is 32.6 Å². The van der Waals surface area contributed by atoms with Crippen molar-refractivity contribution in [3.05, 3.63) is 71.1 Å². The summed E-state index contributed by atoms with van der Waals surface area (Å²) < 4.78 is 5.72. The van der Waals surface area contributed by atoms with Crippen molar-refractivity contribution in [3.8, 4) is 11.5 Å². The smallest absolute Gasteiger partial charge is 0.230 e. The molecule has 0 fully saturated rings. The van der Waals surface area contributed by atoms with Gasteiger partial charge in [-0.15, -0.1) is 0 Å². The number of benzene rings is 2. The fraction of sp³-hybridized carbons (Fsp3) is 0.238. The Kier molecular flexibility index (Phi) is 4.10. The number of fused-ring (bicyclic) bond motifs is 1. The number of aryl methyl sites for hydroxylation is 3. The summed E-state index contributed by atoms with van der Waals surface area (Å²) in [5, 5.41) is 2.98. The Morgan fingerprint density at radius 2 is 1.92 bits per heavy atom. The molecular formula is C21H20N2O2. The number of anilines is 1. The quantitative estimate of drug-likeness (QED) is 0.774. The molecule has 1 aliphatic carbocycles. The van der Waals surface area contributed by atoms with Crippen LogP contribution in [-0.2, 0) is 24.1 Å². The molecule has 25 heavy (non-hydrogen) atoms. The maximum Gasteiger partial charge on any atom is 0.230 e. The zero-order valence-electron chi connectivity index (χ0n) is 14.2. The number of rotatable bonds is 4.